The van der Waals surface area contributed by atoms with Crippen molar-refractivity contribution < 1.29 is 20.4 Å². The van der Waals surface area contributed by atoms with Gasteiger partial charge in [-0.25, -0.2) is 0 Å². The number of nitrogens with zero attached hydrogens (tertiary/aromatic N) is 3. The third-order valence-electron chi connectivity index (χ3n) is 4.60. The van der Waals surface area contributed by atoms with Crippen molar-refractivity contribution in [2.24, 2.45) is 0 Å². The van der Waals surface area contributed by atoms with Crippen LogP contribution in [0.2, 0.25) is 0 Å². The van der Waals surface area contributed by atoms with E-state index in [1.807, 2.05) is 0 Å². The minimum absolute atomic E-state index is 0.349. The van der Waals surface area contributed by atoms with Crippen molar-refractivity contribution in [3.63, 3.8) is 0 Å². The summed E-state index contributed by atoms with van der Waals surface area (Å²) in [5.74, 6) is -0.512. The molecule has 8 nitrogen and oxygen atoms in total. The predicted molar refractivity (Wildman–Crippen MR) is 72.9 cm³/mol. The minimum atomic E-state index is -0.929. The molecule has 2 rings (SSSR count). The maximum Gasteiger partial charge on any atom is 0.310 e. The van der Waals surface area contributed by atoms with Gasteiger partial charge in [-0.1, -0.05) is 0 Å². The Labute approximate surface area is 121 Å². The number of phenols is 1. The fourth-order valence-electron chi connectivity index (χ4n) is 2.41. The Morgan fingerprint density at radius 3 is 2.00 bits per heavy atom. The standard InChI is InChI=1S/C13H19N3O5/c1-12(2)13(3,4)15(19)11(14(12)18)8-5-6-9(16(20)21)10(17)7-8/h5-7,11,17-19H,1-4H3. The van der Waals surface area contributed by atoms with Gasteiger partial charge in [0.15, 0.2) is 5.75 Å². The van der Waals surface area contributed by atoms with Crippen LogP contribution in [-0.2, 0) is 0 Å². The summed E-state index contributed by atoms with van der Waals surface area (Å²) in [6.45, 7) is 7.06. The van der Waals surface area contributed by atoms with Crippen LogP contribution >= 0.6 is 0 Å². The highest BCUT2D eigenvalue weighted by molar-refractivity contribution is 5.48. The van der Waals surface area contributed by atoms with Crippen LogP contribution in [0.15, 0.2) is 18.2 Å². The summed E-state index contributed by atoms with van der Waals surface area (Å²) in [6, 6.07) is 3.71. The molecule has 1 fully saturated rings. The zero-order valence-corrected chi connectivity index (χ0v) is 12.3. The molecule has 0 unspecified atom stereocenters. The number of nitro groups is 1. The molecule has 1 aromatic carbocycles. The quantitative estimate of drug-likeness (QED) is 0.567. The Bertz CT molecular complexity index is 567. The Kier molecular flexibility index (Phi) is 3.45. The molecule has 1 aromatic rings. The average Bonchev–Trinajstić information content (AvgIpc) is 2.48. The molecule has 0 radical (unpaired) electrons. The van der Waals surface area contributed by atoms with Gasteiger partial charge < -0.3 is 15.5 Å². The number of hydroxylamine groups is 4. The van der Waals surface area contributed by atoms with Crippen LogP contribution in [0.5, 0.6) is 5.75 Å². The molecule has 0 aromatic heterocycles. The third-order valence-corrected chi connectivity index (χ3v) is 4.60. The van der Waals surface area contributed by atoms with E-state index in [0.29, 0.717) is 5.56 Å². The van der Waals surface area contributed by atoms with Crippen molar-refractivity contribution in [2.75, 3.05) is 0 Å². The summed E-state index contributed by atoms with van der Waals surface area (Å²) in [7, 11) is 0. The van der Waals surface area contributed by atoms with Gasteiger partial charge in [-0.3, -0.25) is 10.1 Å². The zero-order chi connectivity index (χ0) is 16.2. The lowest BCUT2D eigenvalue weighted by Crippen LogP contribution is -2.52. The molecular formula is C13H19N3O5. The fourth-order valence-corrected chi connectivity index (χ4v) is 2.41. The number of aromatic hydroxyl groups is 1. The first-order valence-electron chi connectivity index (χ1n) is 6.45. The highest BCUT2D eigenvalue weighted by Crippen LogP contribution is 2.48. The van der Waals surface area contributed by atoms with Gasteiger partial charge in [-0.05, 0) is 45.4 Å². The lowest BCUT2D eigenvalue weighted by Gasteiger charge is -2.37. The second kappa shape index (κ2) is 4.63. The summed E-state index contributed by atoms with van der Waals surface area (Å²) in [5.41, 5.74) is -1.63. The van der Waals surface area contributed by atoms with Gasteiger partial charge in [0.05, 0.1) is 16.0 Å². The molecule has 0 spiro atoms. The number of hydrogen-bond donors (Lipinski definition) is 3. The van der Waals surface area contributed by atoms with Crippen molar-refractivity contribution in [3.8, 4) is 5.75 Å². The number of benzene rings is 1. The maximum atomic E-state index is 10.7. The van der Waals surface area contributed by atoms with Crippen LogP contribution in [-0.4, -0.2) is 41.6 Å². The normalized spacial score (nSPS) is 22.6. The van der Waals surface area contributed by atoms with Crippen LogP contribution in [0.3, 0.4) is 0 Å². The number of nitro benzene ring substituents is 1. The topological polar surface area (TPSA) is 110 Å². The molecule has 3 N–H and O–H groups in total. The molecule has 0 aliphatic carbocycles. The Morgan fingerprint density at radius 1 is 1.14 bits per heavy atom. The molecule has 1 saturated heterocycles. The van der Waals surface area contributed by atoms with Gasteiger partial charge in [0.2, 0.25) is 0 Å². The number of phenolic OH excluding ortho intramolecular Hbond substituents is 1. The van der Waals surface area contributed by atoms with E-state index >= 15 is 0 Å². The molecule has 0 atom stereocenters. The maximum absolute atomic E-state index is 10.7. The summed E-state index contributed by atoms with van der Waals surface area (Å²) in [4.78, 5) is 10.0. The Morgan fingerprint density at radius 2 is 1.62 bits per heavy atom. The van der Waals surface area contributed by atoms with Crippen molar-refractivity contribution in [3.05, 3.63) is 33.9 Å². The first kappa shape index (κ1) is 15.6. The van der Waals surface area contributed by atoms with Crippen molar-refractivity contribution in [1.29, 1.82) is 0 Å². The molecule has 116 valence electrons. The summed E-state index contributed by atoms with van der Waals surface area (Å²) in [6.07, 6.45) is -0.929. The van der Waals surface area contributed by atoms with Gasteiger partial charge in [-0.15, -0.1) is 0 Å². The van der Waals surface area contributed by atoms with Gasteiger partial charge in [0, 0.05) is 6.07 Å². The Hall–Kier alpha value is -1.74. The monoisotopic (exact) mass is 297 g/mol. The lowest BCUT2D eigenvalue weighted by atomic mass is 9.84. The summed E-state index contributed by atoms with van der Waals surface area (Å²) in [5, 5.41) is 43.1. The van der Waals surface area contributed by atoms with Crippen molar-refractivity contribution >= 4 is 5.69 Å². The van der Waals surface area contributed by atoms with Gasteiger partial charge in [-0.2, -0.15) is 10.1 Å². The molecule has 1 aliphatic heterocycles. The highest BCUT2D eigenvalue weighted by Gasteiger charge is 2.58. The first-order valence-corrected chi connectivity index (χ1v) is 6.45. The van der Waals surface area contributed by atoms with Gasteiger partial charge >= 0.3 is 5.69 Å². The second-order valence-corrected chi connectivity index (χ2v) is 6.19. The van der Waals surface area contributed by atoms with E-state index in [-0.39, 0.29) is 0 Å². The first-order chi connectivity index (χ1) is 9.51. The van der Waals surface area contributed by atoms with E-state index in [1.165, 1.54) is 12.1 Å². The molecule has 1 aliphatic rings. The van der Waals surface area contributed by atoms with E-state index in [1.54, 1.807) is 27.7 Å². The van der Waals surface area contributed by atoms with E-state index in [2.05, 4.69) is 0 Å². The lowest BCUT2D eigenvalue weighted by molar-refractivity contribution is -0.385. The van der Waals surface area contributed by atoms with E-state index in [4.69, 9.17) is 0 Å². The van der Waals surface area contributed by atoms with Crippen LogP contribution in [0.1, 0.15) is 39.4 Å². The van der Waals surface area contributed by atoms with Crippen molar-refractivity contribution in [2.45, 2.75) is 44.9 Å². The SMILES string of the molecule is CC1(C)N(O)C(c2ccc([N+](=O)[O-])c(O)c2)N(O)C1(C)C. The van der Waals surface area contributed by atoms with Crippen LogP contribution in [0, 0.1) is 10.1 Å². The molecule has 8 heteroatoms. The number of rotatable bonds is 2. The highest BCUT2D eigenvalue weighted by atomic mass is 16.6. The van der Waals surface area contributed by atoms with Crippen LogP contribution < -0.4 is 0 Å². The van der Waals surface area contributed by atoms with Crippen LogP contribution in [0.4, 0.5) is 5.69 Å². The third kappa shape index (κ3) is 2.07. The average molecular weight is 297 g/mol. The molecule has 0 bridgehead atoms. The minimum Gasteiger partial charge on any atom is -0.502 e. The Balaban J connectivity index is 2.48. The molecule has 21 heavy (non-hydrogen) atoms. The molecule has 0 saturated carbocycles. The van der Waals surface area contributed by atoms with Gasteiger partial charge in [0.1, 0.15) is 6.17 Å². The van der Waals surface area contributed by atoms with Gasteiger partial charge in [0.25, 0.3) is 0 Å². The van der Waals surface area contributed by atoms with E-state index < -0.39 is 33.6 Å². The van der Waals surface area contributed by atoms with Crippen molar-refractivity contribution in [1.82, 2.24) is 10.1 Å². The van der Waals surface area contributed by atoms with E-state index in [9.17, 15) is 25.6 Å². The second-order valence-electron chi connectivity index (χ2n) is 6.19. The number of hydrogen-bond acceptors (Lipinski definition) is 7. The largest absolute Gasteiger partial charge is 0.502 e. The molecule has 0 amide bonds. The summed E-state index contributed by atoms with van der Waals surface area (Å²) < 4.78 is 0. The predicted octanol–water partition coefficient (Wildman–Crippen LogP) is 2.25. The smallest absolute Gasteiger partial charge is 0.310 e. The zero-order valence-electron chi connectivity index (χ0n) is 12.3. The molecular weight excluding hydrogens is 278 g/mol. The summed E-state index contributed by atoms with van der Waals surface area (Å²) >= 11 is 0. The van der Waals surface area contributed by atoms with Crippen LogP contribution in [0.25, 0.3) is 0 Å². The van der Waals surface area contributed by atoms with E-state index in [0.717, 1.165) is 16.2 Å². The molecule has 1 heterocycles. The fraction of sp³-hybridized carbons (Fsp3) is 0.538.